The summed E-state index contributed by atoms with van der Waals surface area (Å²) in [6, 6.07) is 0.471. The second-order valence-electron chi connectivity index (χ2n) is 7.16. The molecule has 0 saturated carbocycles. The molecule has 5 nitrogen and oxygen atoms in total. The smallest absolute Gasteiger partial charge is 0.223 e. The zero-order chi connectivity index (χ0) is 16.4. The van der Waals surface area contributed by atoms with Crippen LogP contribution in [0.15, 0.2) is 0 Å². The lowest BCUT2D eigenvalue weighted by Gasteiger charge is -2.27. The van der Waals surface area contributed by atoms with Crippen LogP contribution in [0.4, 0.5) is 0 Å². The number of nitrogens with zero attached hydrogens (tertiary/aromatic N) is 3. The summed E-state index contributed by atoms with van der Waals surface area (Å²) in [4.78, 5) is 16.9. The van der Waals surface area contributed by atoms with Crippen LogP contribution in [0.25, 0.3) is 0 Å². The number of carbonyl (C=O) groups is 1. The van der Waals surface area contributed by atoms with Crippen LogP contribution in [0.5, 0.6) is 0 Å². The second-order valence-corrected chi connectivity index (χ2v) is 7.16. The van der Waals surface area contributed by atoms with E-state index < -0.39 is 0 Å². The van der Waals surface area contributed by atoms with E-state index in [1.807, 2.05) is 11.8 Å². The van der Waals surface area contributed by atoms with E-state index in [1.165, 1.54) is 5.56 Å². The zero-order valence-electron chi connectivity index (χ0n) is 14.8. The zero-order valence-corrected chi connectivity index (χ0v) is 14.8. The van der Waals surface area contributed by atoms with E-state index in [9.17, 15) is 4.79 Å². The Kier molecular flexibility index (Phi) is 5.27. The van der Waals surface area contributed by atoms with Crippen molar-refractivity contribution in [3.63, 3.8) is 0 Å². The van der Waals surface area contributed by atoms with Crippen molar-refractivity contribution in [3.8, 4) is 0 Å². The minimum atomic E-state index is 0.259. The van der Waals surface area contributed by atoms with Crippen molar-refractivity contribution in [1.82, 2.24) is 20.0 Å². The van der Waals surface area contributed by atoms with E-state index in [1.54, 1.807) is 0 Å². The molecule has 1 saturated heterocycles. The van der Waals surface area contributed by atoms with E-state index in [4.69, 9.17) is 0 Å². The number of likely N-dealkylation sites (N-methyl/N-ethyl adjacent to an activating group) is 1. The lowest BCUT2D eigenvalue weighted by atomic mass is 9.91. The minimum absolute atomic E-state index is 0.259. The summed E-state index contributed by atoms with van der Waals surface area (Å²) in [6.45, 7) is 10.3. The predicted molar refractivity (Wildman–Crippen MR) is 88.8 cm³/mol. The molecule has 0 aliphatic carbocycles. The summed E-state index contributed by atoms with van der Waals surface area (Å²) in [5.74, 6) is 1.42. The molecule has 0 aromatic carbocycles. The fraction of sp³-hybridized carbons (Fsp3) is 0.765. The Morgan fingerprint density at radius 2 is 2.05 bits per heavy atom. The van der Waals surface area contributed by atoms with E-state index >= 15 is 0 Å². The molecule has 1 aliphatic heterocycles. The standard InChI is InChI=1S/C17H30N4O/c1-11(2)14-9-21(10-16(14)20(5)6)17(22)8-7-15-12(3)13(4)18-19-15/h11,14,16H,7-10H2,1-6H3,(H,18,19)/t14-,16+/m0/s1. The number of H-pyrrole nitrogens is 1. The van der Waals surface area contributed by atoms with Crippen molar-refractivity contribution in [2.24, 2.45) is 11.8 Å². The summed E-state index contributed by atoms with van der Waals surface area (Å²) in [7, 11) is 4.23. The number of aryl methyl sites for hydroxylation is 2. The quantitative estimate of drug-likeness (QED) is 0.905. The van der Waals surface area contributed by atoms with Crippen molar-refractivity contribution in [1.29, 1.82) is 0 Å². The first kappa shape index (κ1) is 17.0. The van der Waals surface area contributed by atoms with Gasteiger partial charge < -0.3 is 9.80 Å². The van der Waals surface area contributed by atoms with Crippen LogP contribution in [0, 0.1) is 25.7 Å². The van der Waals surface area contributed by atoms with Crippen LogP contribution >= 0.6 is 0 Å². The largest absolute Gasteiger partial charge is 0.341 e. The van der Waals surface area contributed by atoms with E-state index in [-0.39, 0.29) is 5.91 Å². The van der Waals surface area contributed by atoms with Crippen LogP contribution in [0.2, 0.25) is 0 Å². The Labute approximate surface area is 134 Å². The van der Waals surface area contributed by atoms with Gasteiger partial charge in [-0.3, -0.25) is 9.89 Å². The summed E-state index contributed by atoms with van der Waals surface area (Å²) in [5.41, 5.74) is 3.30. The van der Waals surface area contributed by atoms with Gasteiger partial charge in [-0.05, 0) is 45.3 Å². The molecule has 1 aromatic rings. The lowest BCUT2D eigenvalue weighted by molar-refractivity contribution is -0.130. The first-order valence-electron chi connectivity index (χ1n) is 8.25. The average molecular weight is 306 g/mol. The molecule has 2 rings (SSSR count). The van der Waals surface area contributed by atoms with E-state index in [2.05, 4.69) is 50.0 Å². The topological polar surface area (TPSA) is 52.2 Å². The van der Waals surface area contributed by atoms with Crippen molar-refractivity contribution in [3.05, 3.63) is 17.0 Å². The van der Waals surface area contributed by atoms with Crippen LogP contribution in [-0.4, -0.2) is 59.1 Å². The van der Waals surface area contributed by atoms with E-state index in [0.29, 0.717) is 24.3 Å². The second kappa shape index (κ2) is 6.82. The van der Waals surface area contributed by atoms with Gasteiger partial charge in [0, 0.05) is 37.7 Å². The number of aromatic amines is 1. The summed E-state index contributed by atoms with van der Waals surface area (Å²) in [5, 5.41) is 7.29. The molecule has 2 atom stereocenters. The Hall–Kier alpha value is -1.36. The number of carbonyl (C=O) groups excluding carboxylic acids is 1. The highest BCUT2D eigenvalue weighted by Gasteiger charge is 2.37. The van der Waals surface area contributed by atoms with Crippen molar-refractivity contribution in [2.75, 3.05) is 27.2 Å². The minimum Gasteiger partial charge on any atom is -0.341 e. The fourth-order valence-electron chi connectivity index (χ4n) is 3.38. The van der Waals surface area contributed by atoms with Gasteiger partial charge in [-0.1, -0.05) is 13.8 Å². The maximum atomic E-state index is 12.5. The van der Waals surface area contributed by atoms with Crippen LogP contribution < -0.4 is 0 Å². The van der Waals surface area contributed by atoms with Gasteiger partial charge >= 0.3 is 0 Å². The van der Waals surface area contributed by atoms with Gasteiger partial charge in [0.05, 0.1) is 5.69 Å². The van der Waals surface area contributed by atoms with Gasteiger partial charge in [-0.2, -0.15) is 5.10 Å². The first-order chi connectivity index (χ1) is 10.3. The van der Waals surface area contributed by atoms with Gasteiger partial charge in [-0.15, -0.1) is 0 Å². The maximum Gasteiger partial charge on any atom is 0.223 e. The summed E-state index contributed by atoms with van der Waals surface area (Å²) >= 11 is 0. The lowest BCUT2D eigenvalue weighted by Crippen LogP contribution is -2.37. The molecule has 1 N–H and O–H groups in total. The van der Waals surface area contributed by atoms with Crippen molar-refractivity contribution >= 4 is 5.91 Å². The Balaban J connectivity index is 1.94. The molecule has 0 radical (unpaired) electrons. The molecule has 1 amide bonds. The number of aromatic nitrogens is 2. The van der Waals surface area contributed by atoms with Crippen molar-refractivity contribution in [2.45, 2.75) is 46.6 Å². The van der Waals surface area contributed by atoms with Crippen LogP contribution in [-0.2, 0) is 11.2 Å². The third-order valence-electron chi connectivity index (χ3n) is 5.13. The molecule has 124 valence electrons. The third kappa shape index (κ3) is 3.51. The van der Waals surface area contributed by atoms with Crippen LogP contribution in [0.3, 0.4) is 0 Å². The molecule has 0 unspecified atom stereocenters. The molecule has 1 fully saturated rings. The van der Waals surface area contributed by atoms with Gasteiger partial charge in [0.1, 0.15) is 0 Å². The van der Waals surface area contributed by atoms with Gasteiger partial charge in [0.15, 0.2) is 0 Å². The van der Waals surface area contributed by atoms with Crippen molar-refractivity contribution < 1.29 is 4.79 Å². The highest BCUT2D eigenvalue weighted by Crippen LogP contribution is 2.27. The normalized spacial score (nSPS) is 22.1. The predicted octanol–water partition coefficient (Wildman–Crippen LogP) is 2.00. The summed E-state index contributed by atoms with van der Waals surface area (Å²) < 4.78 is 0. The Bertz CT molecular complexity index is 505. The molecule has 1 aliphatic rings. The van der Waals surface area contributed by atoms with Crippen LogP contribution in [0.1, 0.15) is 37.2 Å². The summed E-state index contributed by atoms with van der Waals surface area (Å²) in [6.07, 6.45) is 1.28. The number of likely N-dealkylation sites (tertiary alicyclic amines) is 1. The number of hydrogen-bond acceptors (Lipinski definition) is 3. The fourth-order valence-corrected chi connectivity index (χ4v) is 3.38. The maximum absolute atomic E-state index is 12.5. The molecule has 0 bridgehead atoms. The van der Waals surface area contributed by atoms with E-state index in [0.717, 1.165) is 30.9 Å². The van der Waals surface area contributed by atoms with Gasteiger partial charge in [0.2, 0.25) is 5.91 Å². The highest BCUT2D eigenvalue weighted by molar-refractivity contribution is 5.76. The average Bonchev–Trinajstić information content (AvgIpc) is 3.03. The molecule has 5 heteroatoms. The molecule has 2 heterocycles. The Morgan fingerprint density at radius 3 is 2.50 bits per heavy atom. The number of amides is 1. The third-order valence-corrected chi connectivity index (χ3v) is 5.13. The molecular formula is C17H30N4O. The molecular weight excluding hydrogens is 276 g/mol. The Morgan fingerprint density at radius 1 is 1.36 bits per heavy atom. The molecule has 0 spiro atoms. The molecule has 22 heavy (non-hydrogen) atoms. The highest BCUT2D eigenvalue weighted by atomic mass is 16.2. The van der Waals surface area contributed by atoms with Gasteiger partial charge in [-0.25, -0.2) is 0 Å². The number of hydrogen-bond donors (Lipinski definition) is 1. The number of rotatable bonds is 5. The monoisotopic (exact) mass is 306 g/mol. The van der Waals surface area contributed by atoms with Gasteiger partial charge in [0.25, 0.3) is 0 Å². The molecule has 1 aromatic heterocycles. The first-order valence-corrected chi connectivity index (χ1v) is 8.25. The SMILES string of the molecule is Cc1[nH]nc(CCC(=O)N2C[C@@H](N(C)C)[C@H](C(C)C)C2)c1C. The number of nitrogens with one attached hydrogen (secondary N) is 1.